The summed E-state index contributed by atoms with van der Waals surface area (Å²) in [6.07, 6.45) is 0. The molecule has 0 bridgehead atoms. The molecule has 0 aliphatic heterocycles. The van der Waals surface area contributed by atoms with Gasteiger partial charge in [-0.2, -0.15) is 0 Å². The van der Waals surface area contributed by atoms with E-state index < -0.39 is 0 Å². The number of hydrogen-bond donors (Lipinski definition) is 0. The molecule has 0 aliphatic rings. The van der Waals surface area contributed by atoms with E-state index in [1.807, 2.05) is 12.1 Å². The monoisotopic (exact) mass is 138 g/mol. The number of rotatable bonds is 1. The van der Waals surface area contributed by atoms with E-state index in [-0.39, 0.29) is 0 Å². The standard InChI is InChI=1S/C7H10OSi/c1-8-6-3-2-4-7(9)5-6/h2-5H,1,9H3. The Labute approximate surface area is 58.1 Å². The maximum atomic E-state index is 5.02. The van der Waals surface area contributed by atoms with Crippen molar-refractivity contribution < 1.29 is 4.74 Å². The first-order valence-electron chi connectivity index (χ1n) is 2.93. The zero-order valence-electron chi connectivity index (χ0n) is 5.72. The SMILES string of the molecule is COc1cccc([SiH3])c1. The van der Waals surface area contributed by atoms with Crippen LogP contribution in [0.2, 0.25) is 0 Å². The van der Waals surface area contributed by atoms with Crippen molar-refractivity contribution in [2.45, 2.75) is 0 Å². The van der Waals surface area contributed by atoms with Crippen LogP contribution in [0.3, 0.4) is 0 Å². The van der Waals surface area contributed by atoms with E-state index in [9.17, 15) is 0 Å². The minimum absolute atomic E-state index is 0.961. The Morgan fingerprint density at radius 2 is 2.22 bits per heavy atom. The third kappa shape index (κ3) is 1.57. The Bertz CT molecular complexity index is 198. The van der Waals surface area contributed by atoms with E-state index in [1.165, 1.54) is 5.19 Å². The molecule has 0 saturated carbocycles. The maximum Gasteiger partial charge on any atom is 0.118 e. The number of benzene rings is 1. The van der Waals surface area contributed by atoms with E-state index in [0.717, 1.165) is 16.0 Å². The van der Waals surface area contributed by atoms with Crippen molar-refractivity contribution in [1.82, 2.24) is 0 Å². The first-order chi connectivity index (χ1) is 4.33. The molecular weight excluding hydrogens is 128 g/mol. The fourth-order valence-electron chi connectivity index (χ4n) is 0.742. The van der Waals surface area contributed by atoms with Crippen LogP contribution in [0.1, 0.15) is 0 Å². The quantitative estimate of drug-likeness (QED) is 0.484. The van der Waals surface area contributed by atoms with Crippen LogP contribution in [0, 0.1) is 0 Å². The molecule has 0 amide bonds. The highest BCUT2D eigenvalue weighted by Gasteiger charge is 1.86. The molecule has 1 nitrogen and oxygen atoms in total. The predicted molar refractivity (Wildman–Crippen MR) is 42.6 cm³/mol. The highest BCUT2D eigenvalue weighted by molar-refractivity contribution is 6.32. The summed E-state index contributed by atoms with van der Waals surface area (Å²) in [5.74, 6) is 0.961. The van der Waals surface area contributed by atoms with Crippen molar-refractivity contribution in [1.29, 1.82) is 0 Å². The third-order valence-corrected chi connectivity index (χ3v) is 1.85. The normalized spacial score (nSPS) is 9.44. The van der Waals surface area contributed by atoms with Crippen molar-refractivity contribution in [2.24, 2.45) is 0 Å². The molecule has 9 heavy (non-hydrogen) atoms. The Hall–Kier alpha value is -0.763. The van der Waals surface area contributed by atoms with Crippen molar-refractivity contribution in [3.05, 3.63) is 24.3 Å². The second-order valence-electron chi connectivity index (χ2n) is 2.02. The molecule has 0 heterocycles. The zero-order valence-corrected chi connectivity index (χ0v) is 7.72. The number of ether oxygens (including phenoxy) is 1. The molecule has 0 unspecified atom stereocenters. The van der Waals surface area contributed by atoms with Gasteiger partial charge >= 0.3 is 0 Å². The summed E-state index contributed by atoms with van der Waals surface area (Å²) >= 11 is 0. The molecule has 0 radical (unpaired) electrons. The van der Waals surface area contributed by atoms with Crippen molar-refractivity contribution in [3.63, 3.8) is 0 Å². The summed E-state index contributed by atoms with van der Waals surface area (Å²) < 4.78 is 5.02. The van der Waals surface area contributed by atoms with Crippen LogP contribution in [0.15, 0.2) is 24.3 Å². The van der Waals surface area contributed by atoms with Gasteiger partial charge in [0.25, 0.3) is 0 Å². The van der Waals surface area contributed by atoms with Gasteiger partial charge in [-0.25, -0.2) is 0 Å². The molecule has 0 N–H and O–H groups in total. The molecule has 0 fully saturated rings. The molecular formula is C7H10OSi. The smallest absolute Gasteiger partial charge is 0.118 e. The molecule has 1 rings (SSSR count). The van der Waals surface area contributed by atoms with Crippen LogP contribution in [0.4, 0.5) is 0 Å². The average Bonchev–Trinajstić information content (AvgIpc) is 1.88. The summed E-state index contributed by atoms with van der Waals surface area (Å²) in [5.41, 5.74) is 0. The maximum absolute atomic E-state index is 5.02. The van der Waals surface area contributed by atoms with Crippen molar-refractivity contribution in [3.8, 4) is 5.75 Å². The number of hydrogen-bond acceptors (Lipinski definition) is 1. The van der Waals surface area contributed by atoms with Crippen LogP contribution < -0.4 is 9.92 Å². The summed E-state index contributed by atoms with van der Waals surface area (Å²) in [6.45, 7) is 0. The van der Waals surface area contributed by atoms with E-state index in [4.69, 9.17) is 4.74 Å². The topological polar surface area (TPSA) is 9.23 Å². The van der Waals surface area contributed by atoms with Gasteiger partial charge in [0.05, 0.1) is 7.11 Å². The van der Waals surface area contributed by atoms with E-state index >= 15 is 0 Å². The van der Waals surface area contributed by atoms with Crippen molar-refractivity contribution >= 4 is 15.4 Å². The van der Waals surface area contributed by atoms with Gasteiger partial charge in [-0.05, 0) is 12.1 Å². The lowest BCUT2D eigenvalue weighted by Crippen LogP contribution is -2.00. The summed E-state index contributed by atoms with van der Waals surface area (Å²) in [6, 6.07) is 8.14. The van der Waals surface area contributed by atoms with E-state index in [2.05, 4.69) is 12.1 Å². The molecule has 2 heteroatoms. The zero-order chi connectivity index (χ0) is 6.69. The fraction of sp³-hybridized carbons (Fsp3) is 0.143. The van der Waals surface area contributed by atoms with Crippen LogP contribution in [0.5, 0.6) is 5.75 Å². The van der Waals surface area contributed by atoms with Gasteiger partial charge in [-0.15, -0.1) is 0 Å². The Morgan fingerprint density at radius 1 is 1.44 bits per heavy atom. The first-order valence-corrected chi connectivity index (χ1v) is 3.93. The average molecular weight is 138 g/mol. The fourth-order valence-corrected chi connectivity index (χ4v) is 1.22. The first kappa shape index (κ1) is 6.36. The van der Waals surface area contributed by atoms with Gasteiger partial charge in [0, 0.05) is 10.2 Å². The summed E-state index contributed by atoms with van der Waals surface area (Å²) in [4.78, 5) is 0. The minimum Gasteiger partial charge on any atom is -0.497 e. The Kier molecular flexibility index (Phi) is 1.90. The van der Waals surface area contributed by atoms with E-state index in [1.54, 1.807) is 7.11 Å². The molecule has 1 aromatic rings. The lowest BCUT2D eigenvalue weighted by Gasteiger charge is -1.97. The van der Waals surface area contributed by atoms with Crippen LogP contribution >= 0.6 is 0 Å². The largest absolute Gasteiger partial charge is 0.497 e. The molecule has 0 aromatic heterocycles. The second kappa shape index (κ2) is 2.69. The Morgan fingerprint density at radius 3 is 2.67 bits per heavy atom. The Balaban J connectivity index is 2.94. The van der Waals surface area contributed by atoms with Gasteiger partial charge in [0.1, 0.15) is 5.75 Å². The predicted octanol–water partition coefficient (Wildman–Crippen LogP) is -0.314. The molecule has 1 aromatic carbocycles. The third-order valence-electron chi connectivity index (χ3n) is 1.23. The summed E-state index contributed by atoms with van der Waals surface area (Å²) in [7, 11) is 2.79. The van der Waals surface area contributed by atoms with Crippen LogP contribution in [-0.4, -0.2) is 17.4 Å². The van der Waals surface area contributed by atoms with Gasteiger partial charge in [-0.3, -0.25) is 0 Å². The molecule has 0 spiro atoms. The molecule has 0 atom stereocenters. The number of methoxy groups -OCH3 is 1. The van der Waals surface area contributed by atoms with Crippen molar-refractivity contribution in [2.75, 3.05) is 7.11 Å². The van der Waals surface area contributed by atoms with Crippen LogP contribution in [0.25, 0.3) is 0 Å². The highest BCUT2D eigenvalue weighted by atomic mass is 28.1. The highest BCUT2D eigenvalue weighted by Crippen LogP contribution is 2.03. The lowest BCUT2D eigenvalue weighted by atomic mass is 10.3. The van der Waals surface area contributed by atoms with Gasteiger partial charge in [0.15, 0.2) is 0 Å². The van der Waals surface area contributed by atoms with Gasteiger partial charge in [-0.1, -0.05) is 17.3 Å². The summed E-state index contributed by atoms with van der Waals surface area (Å²) in [5, 5.41) is 1.37. The molecule has 0 saturated heterocycles. The van der Waals surface area contributed by atoms with Crippen LogP contribution in [-0.2, 0) is 0 Å². The molecule has 48 valence electrons. The molecule has 0 aliphatic carbocycles. The second-order valence-corrected chi connectivity index (χ2v) is 3.18. The van der Waals surface area contributed by atoms with Gasteiger partial charge < -0.3 is 4.74 Å². The minimum atomic E-state index is 0.961. The van der Waals surface area contributed by atoms with Gasteiger partial charge in [0.2, 0.25) is 0 Å². The van der Waals surface area contributed by atoms with E-state index in [0.29, 0.717) is 0 Å². The lowest BCUT2D eigenvalue weighted by molar-refractivity contribution is 0.415.